The van der Waals surface area contributed by atoms with Gasteiger partial charge in [-0.15, -0.1) is 0 Å². The van der Waals surface area contributed by atoms with E-state index in [9.17, 15) is 4.79 Å². The second-order valence-corrected chi connectivity index (χ2v) is 9.92. The number of likely N-dealkylation sites (N-methyl/N-ethyl adjacent to an activating group) is 1. The van der Waals surface area contributed by atoms with Crippen LogP contribution in [0, 0.1) is 0 Å². The number of hydrogen-bond donors (Lipinski definition) is 3. The molecule has 2 aliphatic rings. The van der Waals surface area contributed by atoms with Crippen LogP contribution < -0.4 is 16.4 Å². The van der Waals surface area contributed by atoms with E-state index in [1.54, 1.807) is 6.33 Å². The van der Waals surface area contributed by atoms with Gasteiger partial charge < -0.3 is 35.5 Å². The smallest absolute Gasteiger partial charge is 0.315 e. The van der Waals surface area contributed by atoms with Crippen LogP contribution in [0.25, 0.3) is 11.2 Å². The first-order valence-electron chi connectivity index (χ1n) is 12.5. The molecular formula is C25H34N8O4. The van der Waals surface area contributed by atoms with E-state index in [-0.39, 0.29) is 24.3 Å². The average molecular weight is 511 g/mol. The number of carbonyl (C=O) groups excluding carboxylic acids is 1. The molecule has 37 heavy (non-hydrogen) atoms. The van der Waals surface area contributed by atoms with E-state index in [1.807, 2.05) is 55.8 Å². The Morgan fingerprint density at radius 3 is 2.73 bits per heavy atom. The van der Waals surface area contributed by atoms with E-state index in [0.717, 1.165) is 18.5 Å². The van der Waals surface area contributed by atoms with E-state index in [4.69, 9.17) is 19.9 Å². The van der Waals surface area contributed by atoms with Gasteiger partial charge in [-0.2, -0.15) is 0 Å². The Kier molecular flexibility index (Phi) is 7.24. The van der Waals surface area contributed by atoms with Crippen molar-refractivity contribution >= 4 is 23.0 Å². The fourth-order valence-corrected chi connectivity index (χ4v) is 4.88. The number of rotatable bonds is 9. The molecule has 2 aliphatic heterocycles. The molecule has 2 fully saturated rings. The maximum Gasteiger partial charge on any atom is 0.315 e. The number of nitrogens with one attached hydrogen (secondary N) is 2. The number of urea groups is 1. The van der Waals surface area contributed by atoms with Crippen molar-refractivity contribution in [1.82, 2.24) is 35.1 Å². The molecule has 12 nitrogen and oxygen atoms in total. The Hall–Kier alpha value is -3.32. The number of anilines is 1. The first kappa shape index (κ1) is 25.3. The van der Waals surface area contributed by atoms with E-state index in [1.165, 1.54) is 6.33 Å². The number of ether oxygens (including phenoxy) is 3. The number of nitrogens with two attached hydrogens (primary N) is 1. The highest BCUT2D eigenvalue weighted by molar-refractivity contribution is 5.81. The summed E-state index contributed by atoms with van der Waals surface area (Å²) in [7, 11) is 2.03. The molecule has 12 heteroatoms. The van der Waals surface area contributed by atoms with Gasteiger partial charge in [-0.25, -0.2) is 19.7 Å². The fraction of sp³-hybridized carbons (Fsp3) is 0.520. The lowest BCUT2D eigenvalue weighted by Gasteiger charge is -2.27. The number of amides is 2. The first-order valence-corrected chi connectivity index (χ1v) is 12.5. The Morgan fingerprint density at radius 2 is 1.92 bits per heavy atom. The van der Waals surface area contributed by atoms with Crippen molar-refractivity contribution in [1.29, 1.82) is 0 Å². The normalized spacial score (nSPS) is 24.4. The monoisotopic (exact) mass is 510 g/mol. The molecule has 0 saturated carbocycles. The third-order valence-corrected chi connectivity index (χ3v) is 6.58. The van der Waals surface area contributed by atoms with Gasteiger partial charge in [0, 0.05) is 19.6 Å². The van der Waals surface area contributed by atoms with Crippen LogP contribution >= 0.6 is 0 Å². The molecule has 0 radical (unpaired) electrons. The molecule has 198 valence electrons. The van der Waals surface area contributed by atoms with Crippen molar-refractivity contribution in [2.24, 2.45) is 0 Å². The van der Waals surface area contributed by atoms with E-state index in [0.29, 0.717) is 36.6 Å². The van der Waals surface area contributed by atoms with Crippen LogP contribution in [-0.4, -0.2) is 81.2 Å². The molecule has 4 atom stereocenters. The number of nitrogens with zero attached hydrogens (tertiary/aromatic N) is 5. The summed E-state index contributed by atoms with van der Waals surface area (Å²) in [5.74, 6) is -0.406. The number of aromatic nitrogens is 4. The third-order valence-electron chi connectivity index (χ3n) is 6.58. The Labute approximate surface area is 215 Å². The highest BCUT2D eigenvalue weighted by atomic mass is 16.8. The molecular weight excluding hydrogens is 476 g/mol. The van der Waals surface area contributed by atoms with Gasteiger partial charge in [0.1, 0.15) is 30.2 Å². The minimum atomic E-state index is -0.727. The number of carbonyl (C=O) groups is 1. The van der Waals surface area contributed by atoms with Crippen molar-refractivity contribution < 1.29 is 19.0 Å². The third kappa shape index (κ3) is 5.67. The molecule has 2 saturated heterocycles. The van der Waals surface area contributed by atoms with Gasteiger partial charge >= 0.3 is 6.03 Å². The Balaban J connectivity index is 1.14. The van der Waals surface area contributed by atoms with Crippen molar-refractivity contribution in [2.45, 2.75) is 57.1 Å². The zero-order valence-corrected chi connectivity index (χ0v) is 21.3. The minimum Gasteiger partial charge on any atom is -0.382 e. The minimum absolute atomic E-state index is 0.174. The standard InChI is InChI=1S/C25H34N8O4/c1-25(2)36-19-17(13-32(3)11-7-10-27-24(34)28-12-16-8-5-4-6-9-16)35-23(20(19)37-25)33-15-31-18-21(26)29-14-30-22(18)33/h4-6,8-9,14-15,17,19-20,23H,7,10-13H2,1-3H3,(H2,26,29,30)(H2,27,28,34)/t17-,19-,20-,23-/m1/s1. The van der Waals surface area contributed by atoms with Crippen LogP contribution in [0.5, 0.6) is 0 Å². The van der Waals surface area contributed by atoms with Crippen molar-refractivity contribution in [3.63, 3.8) is 0 Å². The number of imidazole rings is 1. The number of nitrogen functional groups attached to an aromatic ring is 1. The molecule has 0 aliphatic carbocycles. The summed E-state index contributed by atoms with van der Waals surface area (Å²) < 4.78 is 20.8. The van der Waals surface area contributed by atoms with Gasteiger partial charge in [0.05, 0.1) is 6.33 Å². The van der Waals surface area contributed by atoms with Gasteiger partial charge in [0.15, 0.2) is 23.5 Å². The number of fused-ring (bicyclic) bond motifs is 2. The zero-order chi connectivity index (χ0) is 26.0. The van der Waals surface area contributed by atoms with Crippen LogP contribution in [0.4, 0.5) is 10.6 Å². The summed E-state index contributed by atoms with van der Waals surface area (Å²) in [5.41, 5.74) is 8.15. The van der Waals surface area contributed by atoms with Crippen molar-refractivity contribution in [2.75, 3.05) is 32.4 Å². The predicted octanol–water partition coefficient (Wildman–Crippen LogP) is 1.65. The summed E-state index contributed by atoms with van der Waals surface area (Å²) in [5, 5.41) is 5.79. The molecule has 1 aromatic carbocycles. The molecule has 0 spiro atoms. The molecule has 4 N–H and O–H groups in total. The van der Waals surface area contributed by atoms with Crippen molar-refractivity contribution in [3.8, 4) is 0 Å². The van der Waals surface area contributed by atoms with Gasteiger partial charge in [0.25, 0.3) is 0 Å². The van der Waals surface area contributed by atoms with Gasteiger partial charge in [-0.1, -0.05) is 30.3 Å². The SMILES string of the molecule is CN(CCCNC(=O)NCc1ccccc1)C[C@H]1O[C@@H](n2cnc3c(N)ncnc32)[C@@H]2OC(C)(C)O[C@@H]21. The average Bonchev–Trinajstić information content (AvgIpc) is 3.53. The first-order chi connectivity index (χ1) is 17.8. The highest BCUT2D eigenvalue weighted by Crippen LogP contribution is 2.44. The molecule has 0 bridgehead atoms. The quantitative estimate of drug-likeness (QED) is 0.366. The van der Waals surface area contributed by atoms with Crippen LogP contribution in [0.3, 0.4) is 0 Å². The number of hydrogen-bond acceptors (Lipinski definition) is 9. The lowest BCUT2D eigenvalue weighted by atomic mass is 10.1. The van der Waals surface area contributed by atoms with Gasteiger partial charge in [0.2, 0.25) is 0 Å². The molecule has 4 heterocycles. The maximum absolute atomic E-state index is 12.1. The lowest BCUT2D eigenvalue weighted by molar-refractivity contribution is -0.197. The Morgan fingerprint density at radius 1 is 1.14 bits per heavy atom. The van der Waals surface area contributed by atoms with Crippen LogP contribution in [-0.2, 0) is 20.8 Å². The molecule has 3 aromatic rings. The van der Waals surface area contributed by atoms with Crippen LogP contribution in [0.1, 0.15) is 32.1 Å². The zero-order valence-electron chi connectivity index (χ0n) is 21.3. The summed E-state index contributed by atoms with van der Waals surface area (Å²) >= 11 is 0. The van der Waals surface area contributed by atoms with Crippen molar-refractivity contribution in [3.05, 3.63) is 48.5 Å². The topological polar surface area (TPSA) is 142 Å². The molecule has 0 unspecified atom stereocenters. The fourth-order valence-electron chi connectivity index (χ4n) is 4.88. The Bertz CT molecular complexity index is 1220. The number of benzene rings is 1. The largest absolute Gasteiger partial charge is 0.382 e. The van der Waals surface area contributed by atoms with Crippen LogP contribution in [0.2, 0.25) is 0 Å². The van der Waals surface area contributed by atoms with E-state index < -0.39 is 12.0 Å². The van der Waals surface area contributed by atoms with E-state index in [2.05, 4.69) is 30.5 Å². The van der Waals surface area contributed by atoms with Gasteiger partial charge in [-0.3, -0.25) is 4.57 Å². The molecule has 5 rings (SSSR count). The summed E-state index contributed by atoms with van der Waals surface area (Å²) in [6.45, 7) is 6.30. The summed E-state index contributed by atoms with van der Waals surface area (Å²) in [4.78, 5) is 27.0. The van der Waals surface area contributed by atoms with Gasteiger partial charge in [-0.05, 0) is 39.4 Å². The predicted molar refractivity (Wildman–Crippen MR) is 136 cm³/mol. The summed E-state index contributed by atoms with van der Waals surface area (Å²) in [6, 6.07) is 9.65. The summed E-state index contributed by atoms with van der Waals surface area (Å²) in [6.07, 6.45) is 2.62. The maximum atomic E-state index is 12.1. The molecule has 2 amide bonds. The van der Waals surface area contributed by atoms with E-state index >= 15 is 0 Å². The highest BCUT2D eigenvalue weighted by Gasteiger charge is 2.56. The second-order valence-electron chi connectivity index (χ2n) is 9.92. The second kappa shape index (κ2) is 10.6. The lowest BCUT2D eigenvalue weighted by Crippen LogP contribution is -2.40. The molecule has 2 aromatic heterocycles. The van der Waals surface area contributed by atoms with Crippen LogP contribution in [0.15, 0.2) is 43.0 Å².